The molecule has 0 nitrogen and oxygen atoms in total. The number of hydrogen-bond acceptors (Lipinski definition) is 0. The molecule has 3 heteroatoms. The van der Waals surface area contributed by atoms with Crippen LogP contribution in [0.3, 0.4) is 0 Å². The summed E-state index contributed by atoms with van der Waals surface area (Å²) in [5.74, 6) is 0. The van der Waals surface area contributed by atoms with E-state index in [-0.39, 0.29) is 0 Å². The fourth-order valence-corrected chi connectivity index (χ4v) is 3.32. The first kappa shape index (κ1) is 10.0. The molecule has 0 heterocycles. The molecule has 0 aromatic heterocycles. The molecule has 0 amide bonds. The van der Waals surface area contributed by atoms with Crippen LogP contribution in [0.1, 0.15) is 26.7 Å². The van der Waals surface area contributed by atoms with Crippen molar-refractivity contribution in [1.82, 2.24) is 0 Å². The molecule has 0 fully saturated rings. The zero-order chi connectivity index (χ0) is 7.28. The SMILES string of the molecule is CC/C(P)=C(\CC)PP. The third-order valence-corrected chi connectivity index (χ3v) is 4.41. The minimum absolute atomic E-state index is 0.912. The van der Waals surface area contributed by atoms with Gasteiger partial charge in [-0.15, -0.1) is 18.2 Å². The second-order valence-electron chi connectivity index (χ2n) is 1.86. The van der Waals surface area contributed by atoms with Crippen LogP contribution in [0, 0.1) is 0 Å². The smallest absolute Gasteiger partial charge is 0.0299 e. The fraction of sp³-hybridized carbons (Fsp3) is 0.667. The Kier molecular flexibility index (Phi) is 6.45. The summed E-state index contributed by atoms with van der Waals surface area (Å²) in [5.41, 5.74) is 0. The molecule has 0 aromatic rings. The third-order valence-electron chi connectivity index (χ3n) is 1.30. The Hall–Kier alpha value is 1.03. The van der Waals surface area contributed by atoms with E-state index in [4.69, 9.17) is 0 Å². The molecule has 0 N–H and O–H groups in total. The van der Waals surface area contributed by atoms with Crippen LogP contribution >= 0.6 is 26.4 Å². The predicted molar refractivity (Wildman–Crippen MR) is 55.3 cm³/mol. The minimum atomic E-state index is 0.912. The van der Waals surface area contributed by atoms with Crippen molar-refractivity contribution in [2.24, 2.45) is 0 Å². The van der Waals surface area contributed by atoms with Crippen LogP contribution in [0.15, 0.2) is 10.6 Å². The average molecular weight is 180 g/mol. The summed E-state index contributed by atoms with van der Waals surface area (Å²) >= 11 is 0. The monoisotopic (exact) mass is 180 g/mol. The van der Waals surface area contributed by atoms with Gasteiger partial charge in [0.2, 0.25) is 0 Å². The second-order valence-corrected chi connectivity index (χ2v) is 4.31. The highest BCUT2D eigenvalue weighted by Gasteiger charge is 1.93. The Labute approximate surface area is 64.3 Å². The summed E-state index contributed by atoms with van der Waals surface area (Å²) < 4.78 is 0. The molecule has 0 aliphatic heterocycles. The lowest BCUT2D eigenvalue weighted by atomic mass is 10.3. The van der Waals surface area contributed by atoms with Gasteiger partial charge >= 0.3 is 0 Å². The number of hydrogen-bond donors (Lipinski definition) is 0. The van der Waals surface area contributed by atoms with Crippen molar-refractivity contribution in [3.63, 3.8) is 0 Å². The minimum Gasteiger partial charge on any atom is -0.110 e. The van der Waals surface area contributed by atoms with E-state index in [1.54, 1.807) is 5.31 Å². The Bertz CT molecular complexity index is 101. The van der Waals surface area contributed by atoms with Crippen molar-refractivity contribution in [3.8, 4) is 0 Å². The van der Waals surface area contributed by atoms with Crippen LogP contribution in [-0.2, 0) is 0 Å². The lowest BCUT2D eigenvalue weighted by Crippen LogP contribution is -1.72. The van der Waals surface area contributed by atoms with Gasteiger partial charge in [-0.3, -0.25) is 0 Å². The molecular weight excluding hydrogens is 165 g/mol. The van der Waals surface area contributed by atoms with Gasteiger partial charge in [0.15, 0.2) is 0 Å². The zero-order valence-corrected chi connectivity index (χ0v) is 9.38. The van der Waals surface area contributed by atoms with E-state index in [9.17, 15) is 0 Å². The van der Waals surface area contributed by atoms with Crippen molar-refractivity contribution in [2.45, 2.75) is 26.7 Å². The van der Waals surface area contributed by atoms with Gasteiger partial charge in [-0.25, -0.2) is 0 Å². The van der Waals surface area contributed by atoms with Gasteiger partial charge in [0, 0.05) is 0 Å². The van der Waals surface area contributed by atoms with Crippen LogP contribution in [0.5, 0.6) is 0 Å². The van der Waals surface area contributed by atoms with Gasteiger partial charge in [-0.05, 0) is 23.5 Å². The van der Waals surface area contributed by atoms with E-state index < -0.39 is 0 Å². The lowest BCUT2D eigenvalue weighted by molar-refractivity contribution is 1.12. The summed E-state index contributed by atoms with van der Waals surface area (Å²) in [6, 6.07) is 0. The fourth-order valence-electron chi connectivity index (χ4n) is 0.635. The van der Waals surface area contributed by atoms with Crippen LogP contribution in [0.2, 0.25) is 0 Å². The van der Waals surface area contributed by atoms with Gasteiger partial charge in [0.25, 0.3) is 0 Å². The van der Waals surface area contributed by atoms with E-state index >= 15 is 0 Å². The molecule has 0 saturated carbocycles. The van der Waals surface area contributed by atoms with Gasteiger partial charge < -0.3 is 0 Å². The van der Waals surface area contributed by atoms with E-state index in [1.165, 1.54) is 18.2 Å². The summed E-state index contributed by atoms with van der Waals surface area (Å²) in [7, 11) is 6.52. The average Bonchev–Trinajstić information content (AvgIpc) is 1.90. The summed E-state index contributed by atoms with van der Waals surface area (Å²) in [4.78, 5) is 0. The Morgan fingerprint density at radius 1 is 1.33 bits per heavy atom. The van der Waals surface area contributed by atoms with Crippen LogP contribution in [-0.4, -0.2) is 0 Å². The maximum atomic E-state index is 2.81. The van der Waals surface area contributed by atoms with Crippen LogP contribution in [0.4, 0.5) is 0 Å². The molecule has 9 heavy (non-hydrogen) atoms. The van der Waals surface area contributed by atoms with Crippen molar-refractivity contribution in [1.29, 1.82) is 0 Å². The lowest BCUT2D eigenvalue weighted by Gasteiger charge is -2.03. The molecule has 0 aliphatic carbocycles. The maximum absolute atomic E-state index is 2.81. The van der Waals surface area contributed by atoms with E-state index in [2.05, 4.69) is 32.0 Å². The topological polar surface area (TPSA) is 0 Å². The van der Waals surface area contributed by atoms with E-state index in [0.29, 0.717) is 0 Å². The zero-order valence-electron chi connectivity index (χ0n) is 6.07. The van der Waals surface area contributed by atoms with Crippen molar-refractivity contribution >= 4 is 26.4 Å². The predicted octanol–water partition coefficient (Wildman–Crippen LogP) is 3.36. The molecule has 0 radical (unpaired) electrons. The van der Waals surface area contributed by atoms with Crippen LogP contribution < -0.4 is 0 Å². The number of rotatable bonds is 3. The summed E-state index contributed by atoms with van der Waals surface area (Å²) in [6.45, 7) is 4.41. The highest BCUT2D eigenvalue weighted by molar-refractivity contribution is 8.05. The molecule has 0 aromatic carbocycles. The molecule has 0 saturated heterocycles. The van der Waals surface area contributed by atoms with Crippen LogP contribution in [0.25, 0.3) is 0 Å². The molecule has 0 spiro atoms. The largest absolute Gasteiger partial charge is 0.110 e. The van der Waals surface area contributed by atoms with Crippen molar-refractivity contribution in [2.75, 3.05) is 0 Å². The first-order valence-electron chi connectivity index (χ1n) is 3.20. The normalized spacial score (nSPS) is 14.7. The second kappa shape index (κ2) is 5.79. The summed E-state index contributed by atoms with van der Waals surface area (Å²) in [5, 5.41) is 3.08. The van der Waals surface area contributed by atoms with E-state index in [0.717, 1.165) is 8.27 Å². The standard InChI is InChI=1S/C6H15P3/c1-3-5(7)6(4-2)9-8/h9H,3-4,7-8H2,1-2H3/b6-5-. The van der Waals surface area contributed by atoms with E-state index in [1.807, 2.05) is 0 Å². The summed E-state index contributed by atoms with van der Waals surface area (Å²) in [6.07, 6.45) is 2.38. The first-order valence-corrected chi connectivity index (χ1v) is 6.59. The third kappa shape index (κ3) is 3.67. The maximum Gasteiger partial charge on any atom is -0.0299 e. The molecular formula is C6H15P3. The Balaban J connectivity index is 4.01. The molecule has 0 aliphatic rings. The molecule has 0 rings (SSSR count). The quantitative estimate of drug-likeness (QED) is 0.584. The highest BCUT2D eigenvalue weighted by Crippen LogP contribution is 2.38. The van der Waals surface area contributed by atoms with Gasteiger partial charge in [-0.1, -0.05) is 22.1 Å². The van der Waals surface area contributed by atoms with Gasteiger partial charge in [0.05, 0.1) is 0 Å². The number of allylic oxidation sites excluding steroid dienone is 2. The van der Waals surface area contributed by atoms with Crippen molar-refractivity contribution in [3.05, 3.63) is 10.6 Å². The highest BCUT2D eigenvalue weighted by atomic mass is 32.0. The van der Waals surface area contributed by atoms with Gasteiger partial charge in [-0.2, -0.15) is 0 Å². The molecule has 3 unspecified atom stereocenters. The molecule has 54 valence electrons. The molecule has 0 bridgehead atoms. The van der Waals surface area contributed by atoms with Gasteiger partial charge in [0.1, 0.15) is 0 Å². The molecule has 3 atom stereocenters. The first-order chi connectivity index (χ1) is 4.26. The Morgan fingerprint density at radius 3 is 2.00 bits per heavy atom. The Morgan fingerprint density at radius 2 is 1.89 bits per heavy atom. The van der Waals surface area contributed by atoms with Crippen molar-refractivity contribution < 1.29 is 0 Å².